The van der Waals surface area contributed by atoms with Gasteiger partial charge in [0.25, 0.3) is 5.91 Å². The van der Waals surface area contributed by atoms with Crippen molar-refractivity contribution in [2.24, 2.45) is 17.8 Å². The van der Waals surface area contributed by atoms with Crippen LogP contribution in [-0.4, -0.2) is 24.7 Å². The van der Waals surface area contributed by atoms with E-state index < -0.39 is 0 Å². The van der Waals surface area contributed by atoms with Gasteiger partial charge >= 0.3 is 0 Å². The number of ether oxygens (including phenoxy) is 1. The fraction of sp³-hybridized carbons (Fsp3) is 0.533. The molecule has 1 heterocycles. The number of nitrogens with one attached hydrogen (secondary N) is 1. The fourth-order valence-electron chi connectivity index (χ4n) is 3.88. The molecule has 94 valence electrons. The third kappa shape index (κ3) is 1.57. The Labute approximate surface area is 107 Å². The van der Waals surface area contributed by atoms with Crippen LogP contribution in [-0.2, 0) is 4.74 Å². The van der Waals surface area contributed by atoms with Gasteiger partial charge in [-0.1, -0.05) is 18.2 Å². The second-order valence-electron chi connectivity index (χ2n) is 5.80. The van der Waals surface area contributed by atoms with Crippen LogP contribution in [0.15, 0.2) is 30.3 Å². The van der Waals surface area contributed by atoms with Crippen molar-refractivity contribution in [2.45, 2.75) is 25.0 Å². The van der Waals surface area contributed by atoms with Crippen LogP contribution in [0.3, 0.4) is 0 Å². The molecule has 3 fully saturated rings. The van der Waals surface area contributed by atoms with Gasteiger partial charge in [-0.25, -0.2) is 0 Å². The zero-order valence-electron chi connectivity index (χ0n) is 10.2. The van der Waals surface area contributed by atoms with E-state index in [2.05, 4.69) is 5.32 Å². The van der Waals surface area contributed by atoms with Crippen molar-refractivity contribution in [2.75, 3.05) is 6.54 Å². The Morgan fingerprint density at radius 3 is 2.78 bits per heavy atom. The first kappa shape index (κ1) is 10.6. The Balaban J connectivity index is 1.36. The van der Waals surface area contributed by atoms with E-state index in [1.54, 1.807) is 0 Å². The minimum absolute atomic E-state index is 0.0478. The van der Waals surface area contributed by atoms with Crippen molar-refractivity contribution in [1.82, 2.24) is 5.32 Å². The fourth-order valence-corrected chi connectivity index (χ4v) is 3.88. The highest BCUT2D eigenvalue weighted by atomic mass is 16.6. The first-order valence-electron chi connectivity index (χ1n) is 6.81. The number of fused-ring (bicyclic) bond motifs is 5. The predicted octanol–water partition coefficient (Wildman–Crippen LogP) is 1.84. The number of rotatable bonds is 3. The van der Waals surface area contributed by atoms with Crippen molar-refractivity contribution < 1.29 is 9.53 Å². The summed E-state index contributed by atoms with van der Waals surface area (Å²) in [5, 5.41) is 3.07. The molecule has 2 bridgehead atoms. The van der Waals surface area contributed by atoms with E-state index in [0.717, 1.165) is 18.0 Å². The first-order chi connectivity index (χ1) is 8.83. The van der Waals surface area contributed by atoms with Gasteiger partial charge in [0.2, 0.25) is 0 Å². The topological polar surface area (TPSA) is 41.6 Å². The summed E-state index contributed by atoms with van der Waals surface area (Å²) in [7, 11) is 0. The zero-order chi connectivity index (χ0) is 12.1. The molecule has 0 aromatic heterocycles. The van der Waals surface area contributed by atoms with Gasteiger partial charge in [-0.15, -0.1) is 0 Å². The van der Waals surface area contributed by atoms with Gasteiger partial charge in [0, 0.05) is 12.1 Å². The molecule has 1 saturated heterocycles. The molecule has 18 heavy (non-hydrogen) atoms. The summed E-state index contributed by atoms with van der Waals surface area (Å²) in [5.41, 5.74) is 0.751. The maximum absolute atomic E-state index is 12.0. The average molecular weight is 243 g/mol. The van der Waals surface area contributed by atoms with Crippen LogP contribution in [0.2, 0.25) is 0 Å². The van der Waals surface area contributed by atoms with E-state index in [4.69, 9.17) is 4.74 Å². The van der Waals surface area contributed by atoms with Crippen molar-refractivity contribution in [3.05, 3.63) is 35.9 Å². The van der Waals surface area contributed by atoms with Crippen molar-refractivity contribution >= 4 is 5.91 Å². The van der Waals surface area contributed by atoms with Crippen LogP contribution < -0.4 is 5.32 Å². The molecule has 3 heteroatoms. The zero-order valence-corrected chi connectivity index (χ0v) is 10.2. The summed E-state index contributed by atoms with van der Waals surface area (Å²) in [4.78, 5) is 12.0. The van der Waals surface area contributed by atoms with Crippen LogP contribution in [0.1, 0.15) is 23.2 Å². The molecule has 0 radical (unpaired) electrons. The summed E-state index contributed by atoms with van der Waals surface area (Å²) in [6, 6.07) is 9.44. The van der Waals surface area contributed by atoms with Crippen LogP contribution in [0.5, 0.6) is 0 Å². The van der Waals surface area contributed by atoms with Crippen molar-refractivity contribution in [1.29, 1.82) is 0 Å². The van der Waals surface area contributed by atoms with Gasteiger partial charge in [-0.2, -0.15) is 0 Å². The number of carbonyl (C=O) groups excluding carboxylic acids is 1. The van der Waals surface area contributed by atoms with Gasteiger partial charge in [0.05, 0.1) is 12.2 Å². The van der Waals surface area contributed by atoms with Crippen LogP contribution in [0.4, 0.5) is 0 Å². The van der Waals surface area contributed by atoms with Crippen LogP contribution >= 0.6 is 0 Å². The summed E-state index contributed by atoms with van der Waals surface area (Å²) in [6.07, 6.45) is 3.67. The molecule has 1 amide bonds. The molecular weight excluding hydrogens is 226 g/mol. The molecule has 1 N–H and O–H groups in total. The lowest BCUT2D eigenvalue weighted by molar-refractivity contribution is 0.0941. The second kappa shape index (κ2) is 3.82. The van der Waals surface area contributed by atoms with Gasteiger partial charge in [-0.05, 0) is 42.7 Å². The number of benzene rings is 1. The molecule has 5 atom stereocenters. The molecule has 3 nitrogen and oxygen atoms in total. The Bertz CT molecular complexity index is 473. The van der Waals surface area contributed by atoms with Gasteiger partial charge in [0.15, 0.2) is 0 Å². The highest BCUT2D eigenvalue weighted by Crippen LogP contribution is 2.58. The quantitative estimate of drug-likeness (QED) is 0.823. The average Bonchev–Trinajstić information content (AvgIpc) is 3.03. The van der Waals surface area contributed by atoms with E-state index in [1.165, 1.54) is 12.8 Å². The van der Waals surface area contributed by atoms with Crippen LogP contribution in [0, 0.1) is 17.8 Å². The molecule has 1 aliphatic heterocycles. The SMILES string of the molecule is O=C(NC[C@@H]1C[C@@H]2C[C@H]1[C@H]1O[C@@H]21)c1ccccc1. The van der Waals surface area contributed by atoms with Gasteiger partial charge < -0.3 is 10.1 Å². The summed E-state index contributed by atoms with van der Waals surface area (Å²) in [6.45, 7) is 0.807. The largest absolute Gasteiger partial charge is 0.369 e. The van der Waals surface area contributed by atoms with Gasteiger partial charge in [0.1, 0.15) is 0 Å². The third-order valence-corrected chi connectivity index (χ3v) is 4.79. The molecular formula is C15H17NO2. The highest BCUT2D eigenvalue weighted by molar-refractivity contribution is 5.94. The van der Waals surface area contributed by atoms with Crippen molar-refractivity contribution in [3.8, 4) is 0 Å². The van der Waals surface area contributed by atoms with Gasteiger partial charge in [-0.3, -0.25) is 4.79 Å². The van der Waals surface area contributed by atoms with Crippen LogP contribution in [0.25, 0.3) is 0 Å². The second-order valence-corrected chi connectivity index (χ2v) is 5.80. The number of hydrogen-bond acceptors (Lipinski definition) is 2. The summed E-state index contributed by atoms with van der Waals surface area (Å²) < 4.78 is 5.65. The number of amides is 1. The lowest BCUT2D eigenvalue weighted by Gasteiger charge is -2.19. The Kier molecular flexibility index (Phi) is 2.24. The number of epoxide rings is 1. The minimum atomic E-state index is 0.0478. The van der Waals surface area contributed by atoms with E-state index in [-0.39, 0.29) is 5.91 Å². The Morgan fingerprint density at radius 1 is 1.22 bits per heavy atom. The highest BCUT2D eigenvalue weighted by Gasteiger charge is 2.62. The molecule has 3 aliphatic rings. The molecule has 0 unspecified atom stereocenters. The van der Waals surface area contributed by atoms with E-state index in [1.807, 2.05) is 30.3 Å². The third-order valence-electron chi connectivity index (χ3n) is 4.79. The molecule has 0 spiro atoms. The van der Waals surface area contributed by atoms with E-state index in [9.17, 15) is 4.79 Å². The van der Waals surface area contributed by atoms with E-state index >= 15 is 0 Å². The smallest absolute Gasteiger partial charge is 0.251 e. The van der Waals surface area contributed by atoms with E-state index in [0.29, 0.717) is 24.0 Å². The number of carbonyl (C=O) groups is 1. The van der Waals surface area contributed by atoms with Crippen molar-refractivity contribution in [3.63, 3.8) is 0 Å². The monoisotopic (exact) mass is 243 g/mol. The molecule has 1 aromatic carbocycles. The molecule has 4 rings (SSSR count). The predicted molar refractivity (Wildman–Crippen MR) is 67.1 cm³/mol. The first-order valence-corrected chi connectivity index (χ1v) is 6.81. The normalized spacial score (nSPS) is 39.4. The maximum atomic E-state index is 12.0. The Morgan fingerprint density at radius 2 is 2.06 bits per heavy atom. The lowest BCUT2D eigenvalue weighted by Crippen LogP contribution is -2.33. The summed E-state index contributed by atoms with van der Waals surface area (Å²) >= 11 is 0. The standard InChI is InChI=1S/C15H17NO2/c17-15(9-4-2-1-3-5-9)16-8-11-6-10-7-12(11)14-13(10)18-14/h1-5,10-14H,6-8H2,(H,16,17)/t10-,11+,12-,13+,14-/m1/s1. The minimum Gasteiger partial charge on any atom is -0.369 e. The molecule has 2 aliphatic carbocycles. The Hall–Kier alpha value is -1.35. The number of hydrogen-bond donors (Lipinski definition) is 1. The molecule has 1 aromatic rings. The molecule has 2 saturated carbocycles. The lowest BCUT2D eigenvalue weighted by atomic mass is 9.89. The maximum Gasteiger partial charge on any atom is 0.251 e. The summed E-state index contributed by atoms with van der Waals surface area (Å²) in [5.74, 6) is 2.16.